The first-order valence-corrected chi connectivity index (χ1v) is 9.12. The van der Waals surface area contributed by atoms with E-state index in [1.165, 1.54) is 0 Å². The third kappa shape index (κ3) is 7.53. The Labute approximate surface area is 169 Å². The van der Waals surface area contributed by atoms with Gasteiger partial charge < -0.3 is 26.4 Å². The number of nitrogens with two attached hydrogens (primary N) is 1. The first-order chi connectivity index (χ1) is 13.6. The monoisotopic (exact) mass is 398 g/mol. The van der Waals surface area contributed by atoms with E-state index in [2.05, 4.69) is 16.0 Å². The second-order valence-corrected chi connectivity index (χ2v) is 7.37. The Kier molecular flexibility index (Phi) is 7.19. The van der Waals surface area contributed by atoms with E-state index < -0.39 is 17.6 Å². The van der Waals surface area contributed by atoms with Crippen LogP contribution in [-0.4, -0.2) is 30.1 Å². The van der Waals surface area contributed by atoms with Crippen molar-refractivity contribution in [2.75, 3.05) is 17.6 Å². The number of amides is 3. The number of ether oxygens (including phenoxy) is 1. The average Bonchev–Trinajstić information content (AvgIpc) is 2.64. The van der Waals surface area contributed by atoms with Crippen molar-refractivity contribution in [3.05, 3.63) is 59.7 Å². The standard InChI is InChI=1S/C21H26N4O4/c1-21(2,3)29-20(28)24-13-18(26)25-17-7-5-4-6-15(17)12-23-19(27)14-8-10-16(22)11-9-14/h4-11H,12-13,22H2,1-3H3,(H,23,27)(H,24,28)(H,25,26). The van der Waals surface area contributed by atoms with Gasteiger partial charge in [-0.15, -0.1) is 0 Å². The molecule has 3 amide bonds. The Bertz CT molecular complexity index is 873. The molecule has 0 aliphatic heterocycles. The molecule has 0 aliphatic carbocycles. The van der Waals surface area contributed by atoms with Crippen LogP contribution in [0.2, 0.25) is 0 Å². The number of anilines is 2. The third-order valence-corrected chi connectivity index (χ3v) is 3.70. The van der Waals surface area contributed by atoms with Crippen LogP contribution in [0.1, 0.15) is 36.7 Å². The van der Waals surface area contributed by atoms with Gasteiger partial charge in [-0.05, 0) is 56.7 Å². The van der Waals surface area contributed by atoms with Gasteiger partial charge >= 0.3 is 6.09 Å². The van der Waals surface area contributed by atoms with Crippen LogP contribution >= 0.6 is 0 Å². The maximum Gasteiger partial charge on any atom is 0.408 e. The number of carbonyl (C=O) groups is 3. The van der Waals surface area contributed by atoms with E-state index in [9.17, 15) is 14.4 Å². The van der Waals surface area contributed by atoms with Crippen molar-refractivity contribution in [1.29, 1.82) is 0 Å². The Hall–Kier alpha value is -3.55. The van der Waals surface area contributed by atoms with Crippen LogP contribution in [0.25, 0.3) is 0 Å². The van der Waals surface area contributed by atoms with Gasteiger partial charge in [0.15, 0.2) is 0 Å². The van der Waals surface area contributed by atoms with Crippen LogP contribution in [0.15, 0.2) is 48.5 Å². The van der Waals surface area contributed by atoms with Crippen LogP contribution in [-0.2, 0) is 16.1 Å². The summed E-state index contributed by atoms with van der Waals surface area (Å²) in [7, 11) is 0. The molecule has 29 heavy (non-hydrogen) atoms. The number of nitrogen functional groups attached to an aromatic ring is 1. The molecular formula is C21H26N4O4. The van der Waals surface area contributed by atoms with Gasteiger partial charge in [-0.1, -0.05) is 18.2 Å². The highest BCUT2D eigenvalue weighted by Gasteiger charge is 2.17. The molecule has 2 rings (SSSR count). The molecule has 0 radical (unpaired) electrons. The minimum absolute atomic E-state index is 0.221. The molecule has 2 aromatic carbocycles. The lowest BCUT2D eigenvalue weighted by Gasteiger charge is -2.19. The van der Waals surface area contributed by atoms with Crippen molar-refractivity contribution in [2.45, 2.75) is 32.9 Å². The number of hydrogen-bond acceptors (Lipinski definition) is 5. The zero-order valence-electron chi connectivity index (χ0n) is 16.7. The lowest BCUT2D eigenvalue weighted by Crippen LogP contribution is -2.37. The maximum absolute atomic E-state index is 12.3. The molecule has 8 heteroatoms. The number of rotatable bonds is 6. The van der Waals surface area contributed by atoms with Crippen LogP contribution in [0.3, 0.4) is 0 Å². The molecule has 0 spiro atoms. The SMILES string of the molecule is CC(C)(C)OC(=O)NCC(=O)Nc1ccccc1CNC(=O)c1ccc(N)cc1. The summed E-state index contributed by atoms with van der Waals surface area (Å²) < 4.78 is 5.09. The molecule has 154 valence electrons. The van der Waals surface area contributed by atoms with E-state index in [4.69, 9.17) is 10.5 Å². The first kappa shape index (κ1) is 21.7. The molecule has 0 unspecified atom stereocenters. The van der Waals surface area contributed by atoms with Gasteiger partial charge in [0, 0.05) is 23.5 Å². The number of hydrogen-bond donors (Lipinski definition) is 4. The minimum atomic E-state index is -0.670. The fourth-order valence-electron chi connectivity index (χ4n) is 2.37. The molecule has 0 saturated carbocycles. The van der Waals surface area contributed by atoms with Crippen LogP contribution in [0.5, 0.6) is 0 Å². The minimum Gasteiger partial charge on any atom is -0.444 e. The summed E-state index contributed by atoms with van der Waals surface area (Å²) in [6.45, 7) is 5.20. The van der Waals surface area contributed by atoms with Gasteiger partial charge in [-0.25, -0.2) is 4.79 Å². The largest absolute Gasteiger partial charge is 0.444 e. The Balaban J connectivity index is 1.91. The molecule has 0 aliphatic rings. The number of carbonyl (C=O) groups excluding carboxylic acids is 3. The number of nitrogens with one attached hydrogen (secondary N) is 3. The van der Waals surface area contributed by atoms with E-state index in [0.717, 1.165) is 5.56 Å². The molecule has 0 bridgehead atoms. The zero-order valence-corrected chi connectivity index (χ0v) is 16.7. The molecule has 0 atom stereocenters. The van der Waals surface area contributed by atoms with Gasteiger partial charge in [0.2, 0.25) is 5.91 Å². The van der Waals surface area contributed by atoms with E-state index in [0.29, 0.717) is 16.9 Å². The van der Waals surface area contributed by atoms with Crippen molar-refractivity contribution < 1.29 is 19.1 Å². The first-order valence-electron chi connectivity index (χ1n) is 9.12. The van der Waals surface area contributed by atoms with E-state index >= 15 is 0 Å². The fourth-order valence-corrected chi connectivity index (χ4v) is 2.37. The quantitative estimate of drug-likeness (QED) is 0.557. The summed E-state index contributed by atoms with van der Waals surface area (Å²) in [6.07, 6.45) is -0.670. The molecule has 8 nitrogen and oxygen atoms in total. The molecule has 0 aromatic heterocycles. The summed E-state index contributed by atoms with van der Waals surface area (Å²) in [5, 5.41) is 7.93. The summed E-state index contributed by atoms with van der Waals surface area (Å²) in [6, 6.07) is 13.7. The molecule has 0 heterocycles. The van der Waals surface area contributed by atoms with E-state index in [-0.39, 0.29) is 19.0 Å². The highest BCUT2D eigenvalue weighted by molar-refractivity contribution is 5.96. The molecule has 0 saturated heterocycles. The van der Waals surface area contributed by atoms with Gasteiger partial charge in [0.1, 0.15) is 12.1 Å². The van der Waals surface area contributed by atoms with Crippen molar-refractivity contribution in [3.63, 3.8) is 0 Å². The average molecular weight is 398 g/mol. The van der Waals surface area contributed by atoms with E-state index in [1.807, 2.05) is 0 Å². The molecule has 2 aromatic rings. The maximum atomic E-state index is 12.3. The highest BCUT2D eigenvalue weighted by Crippen LogP contribution is 2.15. The van der Waals surface area contributed by atoms with Gasteiger partial charge in [0.05, 0.1) is 0 Å². The number of benzene rings is 2. The van der Waals surface area contributed by atoms with Crippen LogP contribution < -0.4 is 21.7 Å². The van der Waals surface area contributed by atoms with Crippen LogP contribution in [0.4, 0.5) is 16.2 Å². The van der Waals surface area contributed by atoms with Crippen LogP contribution in [0, 0.1) is 0 Å². The van der Waals surface area contributed by atoms with Gasteiger partial charge in [-0.3, -0.25) is 9.59 Å². The lowest BCUT2D eigenvalue weighted by atomic mass is 10.1. The summed E-state index contributed by atoms with van der Waals surface area (Å²) in [5.41, 5.74) is 7.32. The Morgan fingerprint density at radius 1 is 0.966 bits per heavy atom. The second-order valence-electron chi connectivity index (χ2n) is 7.37. The third-order valence-electron chi connectivity index (χ3n) is 3.70. The second kappa shape index (κ2) is 9.59. The van der Waals surface area contributed by atoms with Gasteiger partial charge in [-0.2, -0.15) is 0 Å². The summed E-state index contributed by atoms with van der Waals surface area (Å²) in [5.74, 6) is -0.661. The molecule has 5 N–H and O–H groups in total. The highest BCUT2D eigenvalue weighted by atomic mass is 16.6. The Morgan fingerprint density at radius 2 is 1.62 bits per heavy atom. The predicted octanol–water partition coefficient (Wildman–Crippen LogP) is 2.66. The summed E-state index contributed by atoms with van der Waals surface area (Å²) in [4.78, 5) is 36.0. The van der Waals surface area contributed by atoms with Crippen molar-refractivity contribution in [3.8, 4) is 0 Å². The zero-order chi connectivity index (χ0) is 21.4. The normalized spacial score (nSPS) is 10.7. The van der Waals surface area contributed by atoms with E-state index in [1.54, 1.807) is 69.3 Å². The lowest BCUT2D eigenvalue weighted by molar-refractivity contribution is -0.115. The number of alkyl carbamates (subject to hydrolysis) is 1. The predicted molar refractivity (Wildman–Crippen MR) is 111 cm³/mol. The topological polar surface area (TPSA) is 123 Å². The van der Waals surface area contributed by atoms with Crippen molar-refractivity contribution >= 4 is 29.3 Å². The van der Waals surface area contributed by atoms with Crippen molar-refractivity contribution in [2.24, 2.45) is 0 Å². The molecular weight excluding hydrogens is 372 g/mol. The van der Waals surface area contributed by atoms with Gasteiger partial charge in [0.25, 0.3) is 5.91 Å². The summed E-state index contributed by atoms with van der Waals surface area (Å²) >= 11 is 0. The smallest absolute Gasteiger partial charge is 0.408 e. The molecule has 0 fully saturated rings. The fraction of sp³-hybridized carbons (Fsp3) is 0.286. The number of para-hydroxylation sites is 1. The Morgan fingerprint density at radius 3 is 2.28 bits per heavy atom. The van der Waals surface area contributed by atoms with Crippen molar-refractivity contribution in [1.82, 2.24) is 10.6 Å².